The fourth-order valence-electron chi connectivity index (χ4n) is 3.49. The van der Waals surface area contributed by atoms with Crippen molar-refractivity contribution in [1.29, 1.82) is 0 Å². The molecule has 1 amide bonds. The lowest BCUT2D eigenvalue weighted by atomic mass is 9.96. The highest BCUT2D eigenvalue weighted by molar-refractivity contribution is 5.80. The topological polar surface area (TPSA) is 88.8 Å². The van der Waals surface area contributed by atoms with Gasteiger partial charge in [0.05, 0.1) is 12.0 Å². The molecule has 28 heavy (non-hydrogen) atoms. The van der Waals surface area contributed by atoms with Crippen LogP contribution in [0, 0.1) is 5.92 Å². The second-order valence-electron chi connectivity index (χ2n) is 7.02. The van der Waals surface area contributed by atoms with E-state index in [4.69, 9.17) is 0 Å². The van der Waals surface area contributed by atoms with Gasteiger partial charge in [0.2, 0.25) is 5.91 Å². The van der Waals surface area contributed by atoms with Crippen molar-refractivity contribution in [3.8, 4) is 5.82 Å². The van der Waals surface area contributed by atoms with E-state index >= 15 is 0 Å². The highest BCUT2D eigenvalue weighted by Crippen LogP contribution is 2.23. The first kappa shape index (κ1) is 18.1. The Kier molecular flexibility index (Phi) is 5.27. The number of anilines is 1. The van der Waals surface area contributed by atoms with E-state index in [-0.39, 0.29) is 17.9 Å². The Balaban J connectivity index is 1.39. The molecule has 0 saturated carbocycles. The van der Waals surface area contributed by atoms with Gasteiger partial charge >= 0.3 is 0 Å². The molecule has 0 radical (unpaired) electrons. The van der Waals surface area contributed by atoms with E-state index in [1.165, 1.54) is 6.33 Å². The molecule has 8 heteroatoms. The summed E-state index contributed by atoms with van der Waals surface area (Å²) in [5.41, 5.74) is 1.11. The molecule has 3 aromatic rings. The van der Waals surface area contributed by atoms with Crippen LogP contribution >= 0.6 is 0 Å². The fourth-order valence-corrected chi connectivity index (χ4v) is 3.49. The highest BCUT2D eigenvalue weighted by Gasteiger charge is 2.27. The monoisotopic (exact) mass is 377 g/mol. The lowest BCUT2D eigenvalue weighted by molar-refractivity contribution is -0.125. The number of rotatable bonds is 5. The quantitative estimate of drug-likeness (QED) is 0.733. The number of nitrogens with zero attached hydrogens (tertiary/aromatic N) is 6. The van der Waals surface area contributed by atoms with Crippen LogP contribution in [0.4, 0.5) is 5.82 Å². The first-order chi connectivity index (χ1) is 13.7. The van der Waals surface area contributed by atoms with E-state index in [9.17, 15) is 4.79 Å². The average Bonchev–Trinajstić information content (AvgIpc) is 3.29. The number of hydrogen-bond acceptors (Lipinski definition) is 6. The number of amides is 1. The number of carbonyl (C=O) groups excluding carboxylic acids is 1. The third-order valence-corrected chi connectivity index (χ3v) is 5.06. The van der Waals surface area contributed by atoms with E-state index in [0.29, 0.717) is 12.4 Å². The van der Waals surface area contributed by atoms with Gasteiger partial charge in [0.25, 0.3) is 0 Å². The summed E-state index contributed by atoms with van der Waals surface area (Å²) in [6.45, 7) is 3.53. The molecule has 1 saturated heterocycles. The van der Waals surface area contributed by atoms with Crippen LogP contribution in [-0.2, 0) is 4.79 Å². The summed E-state index contributed by atoms with van der Waals surface area (Å²) < 4.78 is 1.56. The standard InChI is InChI=1S/C20H23N7O/c1-15(16-6-3-2-4-7-16)23-20(28)17-8-5-11-26(12-17)18-9-10-19(25-24-18)27-14-21-13-22-27/h2-4,6-7,9-10,13-15,17H,5,8,11-12H2,1H3,(H,23,28)/t15-,17+/m0/s1. The molecule has 3 heterocycles. The second-order valence-corrected chi connectivity index (χ2v) is 7.02. The van der Waals surface area contributed by atoms with Crippen LogP contribution in [-0.4, -0.2) is 44.0 Å². The summed E-state index contributed by atoms with van der Waals surface area (Å²) in [7, 11) is 0. The Bertz CT molecular complexity index is 896. The van der Waals surface area contributed by atoms with Crippen LogP contribution in [0.15, 0.2) is 55.1 Å². The van der Waals surface area contributed by atoms with Gasteiger partial charge in [-0.15, -0.1) is 10.2 Å². The van der Waals surface area contributed by atoms with Crippen LogP contribution in [0.2, 0.25) is 0 Å². The van der Waals surface area contributed by atoms with Gasteiger partial charge in [0.1, 0.15) is 12.7 Å². The molecule has 0 unspecified atom stereocenters. The maximum Gasteiger partial charge on any atom is 0.225 e. The van der Waals surface area contributed by atoms with Gasteiger partial charge in [-0.3, -0.25) is 4.79 Å². The van der Waals surface area contributed by atoms with Crippen molar-refractivity contribution in [3.05, 3.63) is 60.7 Å². The molecule has 1 aliphatic heterocycles. The third kappa shape index (κ3) is 4.00. The number of carbonyl (C=O) groups is 1. The summed E-state index contributed by atoms with van der Waals surface area (Å²) in [5, 5.41) is 15.7. The molecule has 0 bridgehead atoms. The van der Waals surface area contributed by atoms with Crippen molar-refractivity contribution in [3.63, 3.8) is 0 Å². The minimum absolute atomic E-state index is 0.00849. The lowest BCUT2D eigenvalue weighted by Crippen LogP contribution is -2.44. The molecule has 1 aromatic carbocycles. The zero-order valence-corrected chi connectivity index (χ0v) is 15.8. The third-order valence-electron chi connectivity index (χ3n) is 5.06. The Morgan fingerprint density at radius 2 is 1.93 bits per heavy atom. The van der Waals surface area contributed by atoms with Crippen molar-refractivity contribution in [2.45, 2.75) is 25.8 Å². The predicted molar refractivity (Wildman–Crippen MR) is 105 cm³/mol. The fraction of sp³-hybridized carbons (Fsp3) is 0.350. The van der Waals surface area contributed by atoms with Gasteiger partial charge in [0.15, 0.2) is 11.6 Å². The van der Waals surface area contributed by atoms with Crippen molar-refractivity contribution < 1.29 is 4.79 Å². The van der Waals surface area contributed by atoms with E-state index in [1.54, 1.807) is 11.0 Å². The van der Waals surface area contributed by atoms with Crippen LogP contribution in [0.5, 0.6) is 0 Å². The van der Waals surface area contributed by atoms with Gasteiger partial charge in [0, 0.05) is 13.1 Å². The largest absolute Gasteiger partial charge is 0.354 e. The van der Waals surface area contributed by atoms with Crippen molar-refractivity contribution >= 4 is 11.7 Å². The summed E-state index contributed by atoms with van der Waals surface area (Å²) in [5.74, 6) is 1.42. The summed E-state index contributed by atoms with van der Waals surface area (Å²) >= 11 is 0. The highest BCUT2D eigenvalue weighted by atomic mass is 16.2. The number of hydrogen-bond donors (Lipinski definition) is 1. The SMILES string of the molecule is C[C@H](NC(=O)[C@@H]1CCCN(c2ccc(-n3cncn3)nn2)C1)c1ccccc1. The molecule has 1 aliphatic rings. The molecule has 2 atom stereocenters. The van der Waals surface area contributed by atoms with Crippen molar-refractivity contribution in [1.82, 2.24) is 30.3 Å². The zero-order chi connectivity index (χ0) is 19.3. The molecule has 144 valence electrons. The molecule has 8 nitrogen and oxygen atoms in total. The number of benzene rings is 1. The van der Waals surface area contributed by atoms with Crippen LogP contribution < -0.4 is 10.2 Å². The Morgan fingerprint density at radius 3 is 2.64 bits per heavy atom. The van der Waals surface area contributed by atoms with E-state index in [1.807, 2.05) is 49.4 Å². The van der Waals surface area contributed by atoms with Gasteiger partial charge < -0.3 is 10.2 Å². The smallest absolute Gasteiger partial charge is 0.225 e. The molecule has 2 aromatic heterocycles. The second kappa shape index (κ2) is 8.16. The Hall–Kier alpha value is -3.29. The van der Waals surface area contributed by atoms with Crippen molar-refractivity contribution in [2.24, 2.45) is 5.92 Å². The van der Waals surface area contributed by atoms with Gasteiger partial charge in [-0.1, -0.05) is 30.3 Å². The van der Waals surface area contributed by atoms with Crippen LogP contribution in [0.25, 0.3) is 5.82 Å². The van der Waals surface area contributed by atoms with Gasteiger partial charge in [-0.25, -0.2) is 9.67 Å². The molecular weight excluding hydrogens is 354 g/mol. The molecular formula is C20H23N7O. The van der Waals surface area contributed by atoms with Crippen LogP contribution in [0.3, 0.4) is 0 Å². The number of aromatic nitrogens is 5. The zero-order valence-electron chi connectivity index (χ0n) is 15.8. The van der Waals surface area contributed by atoms with Gasteiger partial charge in [-0.05, 0) is 37.5 Å². The molecule has 0 spiro atoms. The summed E-state index contributed by atoms with van der Waals surface area (Å²) in [6, 6.07) is 13.8. The summed E-state index contributed by atoms with van der Waals surface area (Å²) in [4.78, 5) is 18.8. The molecule has 0 aliphatic carbocycles. The Labute approximate surface area is 163 Å². The first-order valence-corrected chi connectivity index (χ1v) is 9.50. The van der Waals surface area contributed by atoms with Crippen molar-refractivity contribution in [2.75, 3.05) is 18.0 Å². The molecule has 4 rings (SSSR count). The average molecular weight is 377 g/mol. The van der Waals surface area contributed by atoms with E-state index in [0.717, 1.165) is 30.8 Å². The Morgan fingerprint density at radius 1 is 1.14 bits per heavy atom. The number of nitrogens with one attached hydrogen (secondary N) is 1. The normalized spacial score (nSPS) is 17.9. The minimum atomic E-state index is -0.0586. The molecule has 1 fully saturated rings. The maximum atomic E-state index is 12.8. The first-order valence-electron chi connectivity index (χ1n) is 9.50. The maximum absolute atomic E-state index is 12.8. The molecule has 1 N–H and O–H groups in total. The van der Waals surface area contributed by atoms with E-state index < -0.39 is 0 Å². The predicted octanol–water partition coefficient (Wildman–Crippen LogP) is 2.15. The van der Waals surface area contributed by atoms with Gasteiger partial charge in [-0.2, -0.15) is 5.10 Å². The lowest BCUT2D eigenvalue weighted by Gasteiger charge is -2.33. The van der Waals surface area contributed by atoms with Crippen LogP contribution in [0.1, 0.15) is 31.4 Å². The summed E-state index contributed by atoms with van der Waals surface area (Å²) in [6.07, 6.45) is 4.87. The number of piperidine rings is 1. The minimum Gasteiger partial charge on any atom is -0.354 e. The van der Waals surface area contributed by atoms with E-state index in [2.05, 4.69) is 30.5 Å².